The Morgan fingerprint density at radius 2 is 2.24 bits per heavy atom. The first-order valence-corrected chi connectivity index (χ1v) is 6.76. The fourth-order valence-electron chi connectivity index (χ4n) is 2.47. The SMILES string of the molecule is CN1CCCCC1c1nc2ccc(Br)nc2[nH]1. The molecule has 4 nitrogen and oxygen atoms in total. The van der Waals surface area contributed by atoms with Crippen LogP contribution in [0.2, 0.25) is 0 Å². The monoisotopic (exact) mass is 294 g/mol. The van der Waals surface area contributed by atoms with E-state index in [9.17, 15) is 0 Å². The molecule has 0 bridgehead atoms. The molecule has 0 aliphatic carbocycles. The Morgan fingerprint density at radius 1 is 1.35 bits per heavy atom. The zero-order valence-electron chi connectivity index (χ0n) is 9.78. The van der Waals surface area contributed by atoms with Crippen molar-refractivity contribution in [2.45, 2.75) is 25.3 Å². The summed E-state index contributed by atoms with van der Waals surface area (Å²) in [5.41, 5.74) is 1.82. The number of halogens is 1. The molecule has 0 spiro atoms. The van der Waals surface area contributed by atoms with Crippen molar-refractivity contribution in [2.24, 2.45) is 0 Å². The molecule has 1 aliphatic rings. The highest BCUT2D eigenvalue weighted by molar-refractivity contribution is 9.10. The van der Waals surface area contributed by atoms with Crippen molar-refractivity contribution in [3.8, 4) is 0 Å². The number of aromatic nitrogens is 3. The third kappa shape index (κ3) is 2.09. The molecule has 1 N–H and O–H groups in total. The molecule has 3 heterocycles. The third-order valence-electron chi connectivity index (χ3n) is 3.41. The maximum absolute atomic E-state index is 4.65. The van der Waals surface area contributed by atoms with Crippen molar-refractivity contribution in [2.75, 3.05) is 13.6 Å². The van der Waals surface area contributed by atoms with Crippen LogP contribution in [0.25, 0.3) is 11.2 Å². The second-order valence-electron chi connectivity index (χ2n) is 4.62. The van der Waals surface area contributed by atoms with E-state index in [1.807, 2.05) is 12.1 Å². The van der Waals surface area contributed by atoms with Crippen LogP contribution in [0.1, 0.15) is 31.1 Å². The molecule has 1 unspecified atom stereocenters. The summed E-state index contributed by atoms with van der Waals surface area (Å²) in [5.74, 6) is 1.05. The Balaban J connectivity index is 1.99. The van der Waals surface area contributed by atoms with Gasteiger partial charge in [-0.25, -0.2) is 9.97 Å². The lowest BCUT2D eigenvalue weighted by atomic mass is 10.0. The minimum absolute atomic E-state index is 0.414. The number of aromatic amines is 1. The van der Waals surface area contributed by atoms with Crippen LogP contribution in [0.5, 0.6) is 0 Å². The van der Waals surface area contributed by atoms with Crippen LogP contribution in [0.3, 0.4) is 0 Å². The van der Waals surface area contributed by atoms with E-state index >= 15 is 0 Å². The maximum atomic E-state index is 4.65. The van der Waals surface area contributed by atoms with Gasteiger partial charge in [0.15, 0.2) is 5.65 Å². The number of hydrogen-bond acceptors (Lipinski definition) is 3. The molecular formula is C12H15BrN4. The van der Waals surface area contributed by atoms with Crippen LogP contribution >= 0.6 is 15.9 Å². The highest BCUT2D eigenvalue weighted by atomic mass is 79.9. The van der Waals surface area contributed by atoms with Crippen LogP contribution < -0.4 is 0 Å². The van der Waals surface area contributed by atoms with Crippen molar-refractivity contribution in [1.82, 2.24) is 19.9 Å². The molecule has 0 saturated carbocycles. The normalized spacial score (nSPS) is 22.1. The van der Waals surface area contributed by atoms with Gasteiger partial charge in [0.1, 0.15) is 15.9 Å². The van der Waals surface area contributed by atoms with E-state index in [1.165, 1.54) is 19.3 Å². The average molecular weight is 295 g/mol. The standard InChI is InChI=1S/C12H15BrN4/c1-17-7-3-2-4-9(17)12-14-8-5-6-10(13)15-11(8)16-12/h5-6,9H,2-4,7H2,1H3,(H,14,15,16). The molecule has 1 fully saturated rings. The summed E-state index contributed by atoms with van der Waals surface area (Å²) >= 11 is 3.38. The van der Waals surface area contributed by atoms with Gasteiger partial charge in [-0.2, -0.15) is 0 Å². The van der Waals surface area contributed by atoms with E-state index in [1.54, 1.807) is 0 Å². The van der Waals surface area contributed by atoms with Gasteiger partial charge in [-0.05, 0) is 54.5 Å². The zero-order valence-corrected chi connectivity index (χ0v) is 11.4. The van der Waals surface area contributed by atoms with Crippen LogP contribution in [0, 0.1) is 0 Å². The van der Waals surface area contributed by atoms with Gasteiger partial charge in [-0.1, -0.05) is 6.42 Å². The number of imidazole rings is 1. The van der Waals surface area contributed by atoms with E-state index < -0.39 is 0 Å². The Bertz CT molecular complexity index is 536. The van der Waals surface area contributed by atoms with Gasteiger partial charge in [0, 0.05) is 0 Å². The van der Waals surface area contributed by atoms with Gasteiger partial charge in [0.2, 0.25) is 0 Å². The Kier molecular flexibility index (Phi) is 2.88. The van der Waals surface area contributed by atoms with Gasteiger partial charge >= 0.3 is 0 Å². The molecular weight excluding hydrogens is 280 g/mol. The number of pyridine rings is 1. The molecule has 1 saturated heterocycles. The predicted octanol–water partition coefficient (Wildman–Crippen LogP) is 2.88. The molecule has 0 radical (unpaired) electrons. The number of nitrogens with one attached hydrogen (secondary N) is 1. The van der Waals surface area contributed by atoms with E-state index in [0.717, 1.165) is 28.1 Å². The van der Waals surface area contributed by atoms with E-state index in [4.69, 9.17) is 0 Å². The van der Waals surface area contributed by atoms with E-state index in [0.29, 0.717) is 6.04 Å². The van der Waals surface area contributed by atoms with Gasteiger partial charge in [-0.15, -0.1) is 0 Å². The molecule has 5 heteroatoms. The average Bonchev–Trinajstić information content (AvgIpc) is 2.72. The lowest BCUT2D eigenvalue weighted by Crippen LogP contribution is -2.30. The minimum atomic E-state index is 0.414. The Labute approximate surface area is 109 Å². The van der Waals surface area contributed by atoms with Crippen molar-refractivity contribution >= 4 is 27.1 Å². The zero-order chi connectivity index (χ0) is 11.8. The highest BCUT2D eigenvalue weighted by Gasteiger charge is 2.23. The highest BCUT2D eigenvalue weighted by Crippen LogP contribution is 2.28. The van der Waals surface area contributed by atoms with Crippen LogP contribution in [0.4, 0.5) is 0 Å². The number of rotatable bonds is 1. The van der Waals surface area contributed by atoms with Crippen molar-refractivity contribution in [1.29, 1.82) is 0 Å². The molecule has 90 valence electrons. The molecule has 3 rings (SSSR count). The summed E-state index contributed by atoms with van der Waals surface area (Å²) in [7, 11) is 2.17. The first-order chi connectivity index (χ1) is 8.24. The molecule has 2 aromatic rings. The van der Waals surface area contributed by atoms with Crippen molar-refractivity contribution in [3.05, 3.63) is 22.6 Å². The number of likely N-dealkylation sites (tertiary alicyclic amines) is 1. The third-order valence-corrected chi connectivity index (χ3v) is 3.86. The van der Waals surface area contributed by atoms with Gasteiger partial charge in [0.25, 0.3) is 0 Å². The van der Waals surface area contributed by atoms with Crippen molar-refractivity contribution in [3.63, 3.8) is 0 Å². The van der Waals surface area contributed by atoms with Gasteiger partial charge in [-0.3, -0.25) is 4.90 Å². The number of hydrogen-bond donors (Lipinski definition) is 1. The van der Waals surface area contributed by atoms with E-state index in [-0.39, 0.29) is 0 Å². The molecule has 1 aliphatic heterocycles. The fourth-order valence-corrected chi connectivity index (χ4v) is 2.78. The second kappa shape index (κ2) is 4.38. The molecule has 0 amide bonds. The summed E-state index contributed by atoms with van der Waals surface area (Å²) < 4.78 is 0.845. The van der Waals surface area contributed by atoms with Crippen molar-refractivity contribution < 1.29 is 0 Å². The smallest absolute Gasteiger partial charge is 0.158 e. The number of nitrogens with zero attached hydrogens (tertiary/aromatic N) is 3. The first-order valence-electron chi connectivity index (χ1n) is 5.96. The largest absolute Gasteiger partial charge is 0.325 e. The lowest BCUT2D eigenvalue weighted by Gasteiger charge is -2.30. The second-order valence-corrected chi connectivity index (χ2v) is 5.43. The van der Waals surface area contributed by atoms with Crippen LogP contribution in [-0.2, 0) is 0 Å². The predicted molar refractivity (Wildman–Crippen MR) is 70.8 cm³/mol. The Morgan fingerprint density at radius 3 is 3.06 bits per heavy atom. The number of piperidine rings is 1. The molecule has 2 aromatic heterocycles. The number of H-pyrrole nitrogens is 1. The van der Waals surface area contributed by atoms with Crippen LogP contribution in [0.15, 0.2) is 16.7 Å². The van der Waals surface area contributed by atoms with E-state index in [2.05, 4.69) is 42.8 Å². The summed E-state index contributed by atoms with van der Waals surface area (Å²) in [6.45, 7) is 1.15. The molecule has 17 heavy (non-hydrogen) atoms. The summed E-state index contributed by atoms with van der Waals surface area (Å²) in [6, 6.07) is 4.34. The Hall–Kier alpha value is -0.940. The topological polar surface area (TPSA) is 44.8 Å². The number of fused-ring (bicyclic) bond motifs is 1. The summed E-state index contributed by atoms with van der Waals surface area (Å²) in [4.78, 5) is 14.8. The van der Waals surface area contributed by atoms with Crippen LogP contribution in [-0.4, -0.2) is 33.4 Å². The summed E-state index contributed by atoms with van der Waals surface area (Å²) in [5, 5.41) is 0. The quantitative estimate of drug-likeness (QED) is 0.823. The van der Waals surface area contributed by atoms with Gasteiger partial charge in [0.05, 0.1) is 6.04 Å². The summed E-state index contributed by atoms with van der Waals surface area (Å²) in [6.07, 6.45) is 3.75. The maximum Gasteiger partial charge on any atom is 0.158 e. The lowest BCUT2D eigenvalue weighted by molar-refractivity contribution is 0.180. The minimum Gasteiger partial charge on any atom is -0.325 e. The fraction of sp³-hybridized carbons (Fsp3) is 0.500. The molecule has 0 aromatic carbocycles. The van der Waals surface area contributed by atoms with Gasteiger partial charge < -0.3 is 4.98 Å². The first kappa shape index (κ1) is 11.2. The molecule has 1 atom stereocenters.